The van der Waals surface area contributed by atoms with Gasteiger partial charge in [-0.15, -0.1) is 10.2 Å². The summed E-state index contributed by atoms with van der Waals surface area (Å²) in [5.41, 5.74) is 3.66. The van der Waals surface area contributed by atoms with Crippen molar-refractivity contribution < 1.29 is 9.21 Å². The molecule has 1 saturated carbocycles. The molecule has 1 amide bonds. The van der Waals surface area contributed by atoms with Crippen LogP contribution in [0.1, 0.15) is 40.2 Å². The van der Waals surface area contributed by atoms with Crippen LogP contribution < -0.4 is 0 Å². The van der Waals surface area contributed by atoms with Gasteiger partial charge in [-0.3, -0.25) is 4.79 Å². The summed E-state index contributed by atoms with van der Waals surface area (Å²) in [5.74, 6) is 0.882. The van der Waals surface area contributed by atoms with Crippen molar-refractivity contribution in [3.05, 3.63) is 70.1 Å². The van der Waals surface area contributed by atoms with Crippen LogP contribution in [0.25, 0.3) is 11.5 Å². The molecule has 1 heterocycles. The third-order valence-electron chi connectivity index (χ3n) is 4.95. The lowest BCUT2D eigenvalue weighted by Crippen LogP contribution is -2.33. The lowest BCUT2D eigenvalue weighted by atomic mass is 10.0. The summed E-state index contributed by atoms with van der Waals surface area (Å²) in [6.45, 7) is 4.32. The maximum Gasteiger partial charge on any atom is 0.254 e. The highest BCUT2D eigenvalue weighted by atomic mass is 35.5. The SMILES string of the molecule is Cc1cccc(C(=O)N(Cc2nnc(-c3ccc(Cl)cc3)o2)C2CC2)c1C. The number of nitrogens with zero attached hydrogens (tertiary/aromatic N) is 3. The maximum atomic E-state index is 13.1. The second-order valence-corrected chi connectivity index (χ2v) is 7.36. The summed E-state index contributed by atoms with van der Waals surface area (Å²) in [5, 5.41) is 8.90. The van der Waals surface area contributed by atoms with Gasteiger partial charge in [-0.2, -0.15) is 0 Å². The molecule has 0 aliphatic heterocycles. The second kappa shape index (κ2) is 7.16. The van der Waals surface area contributed by atoms with Gasteiger partial charge in [-0.05, 0) is 68.1 Å². The molecule has 1 fully saturated rings. The van der Waals surface area contributed by atoms with Crippen molar-refractivity contribution in [3.63, 3.8) is 0 Å². The highest BCUT2D eigenvalue weighted by molar-refractivity contribution is 6.30. The Balaban J connectivity index is 1.57. The number of benzene rings is 2. The maximum absolute atomic E-state index is 13.1. The van der Waals surface area contributed by atoms with E-state index in [0.29, 0.717) is 23.3 Å². The monoisotopic (exact) mass is 381 g/mol. The van der Waals surface area contributed by atoms with Crippen LogP contribution in [0.5, 0.6) is 0 Å². The van der Waals surface area contributed by atoms with E-state index in [0.717, 1.165) is 35.1 Å². The van der Waals surface area contributed by atoms with Gasteiger partial charge in [-0.1, -0.05) is 23.7 Å². The zero-order chi connectivity index (χ0) is 19.0. The molecule has 0 unspecified atom stereocenters. The molecule has 0 radical (unpaired) electrons. The van der Waals surface area contributed by atoms with E-state index < -0.39 is 0 Å². The molecule has 5 nitrogen and oxygen atoms in total. The van der Waals surface area contributed by atoms with Gasteiger partial charge in [0, 0.05) is 22.2 Å². The normalized spacial score (nSPS) is 13.6. The molecule has 0 saturated heterocycles. The number of hydrogen-bond acceptors (Lipinski definition) is 4. The Kier molecular flexibility index (Phi) is 4.70. The lowest BCUT2D eigenvalue weighted by molar-refractivity contribution is 0.0713. The number of rotatable bonds is 5. The topological polar surface area (TPSA) is 59.2 Å². The number of carbonyl (C=O) groups excluding carboxylic acids is 1. The van der Waals surface area contributed by atoms with Crippen molar-refractivity contribution in [2.24, 2.45) is 0 Å². The zero-order valence-corrected chi connectivity index (χ0v) is 16.0. The van der Waals surface area contributed by atoms with Crippen LogP contribution in [-0.4, -0.2) is 27.0 Å². The van der Waals surface area contributed by atoms with Crippen molar-refractivity contribution >= 4 is 17.5 Å². The molecule has 2 aromatic carbocycles. The molecule has 27 heavy (non-hydrogen) atoms. The molecular weight excluding hydrogens is 362 g/mol. The van der Waals surface area contributed by atoms with Crippen LogP contribution in [0.15, 0.2) is 46.9 Å². The van der Waals surface area contributed by atoms with Crippen LogP contribution in [0, 0.1) is 13.8 Å². The average Bonchev–Trinajstić information content (AvgIpc) is 3.40. The number of aromatic nitrogens is 2. The Morgan fingerprint density at radius 2 is 1.89 bits per heavy atom. The van der Waals surface area contributed by atoms with Gasteiger partial charge in [0.05, 0.1) is 6.54 Å². The molecule has 1 aliphatic rings. The summed E-state index contributed by atoms with van der Waals surface area (Å²) in [7, 11) is 0. The fraction of sp³-hybridized carbons (Fsp3) is 0.286. The van der Waals surface area contributed by atoms with E-state index in [9.17, 15) is 4.79 Å². The Morgan fingerprint density at radius 1 is 1.15 bits per heavy atom. The van der Waals surface area contributed by atoms with Gasteiger partial charge in [0.25, 0.3) is 5.91 Å². The van der Waals surface area contributed by atoms with Gasteiger partial charge in [0.2, 0.25) is 11.8 Å². The van der Waals surface area contributed by atoms with Crippen LogP contribution in [0.4, 0.5) is 0 Å². The molecule has 138 valence electrons. The van der Waals surface area contributed by atoms with Crippen LogP contribution >= 0.6 is 11.6 Å². The van der Waals surface area contributed by atoms with E-state index in [1.165, 1.54) is 0 Å². The first-order valence-electron chi connectivity index (χ1n) is 8.98. The average molecular weight is 382 g/mol. The molecule has 3 aromatic rings. The smallest absolute Gasteiger partial charge is 0.254 e. The number of carbonyl (C=O) groups is 1. The Labute approximate surface area is 163 Å². The molecule has 1 aromatic heterocycles. The van der Waals surface area contributed by atoms with Crippen LogP contribution in [0.3, 0.4) is 0 Å². The summed E-state index contributed by atoms with van der Waals surface area (Å²) in [6, 6.07) is 13.3. The summed E-state index contributed by atoms with van der Waals surface area (Å²) >= 11 is 5.92. The first-order chi connectivity index (χ1) is 13.0. The summed E-state index contributed by atoms with van der Waals surface area (Å²) < 4.78 is 5.80. The van der Waals surface area contributed by atoms with E-state index in [4.69, 9.17) is 16.0 Å². The van der Waals surface area contributed by atoms with Crippen LogP contribution in [0.2, 0.25) is 5.02 Å². The fourth-order valence-electron chi connectivity index (χ4n) is 3.06. The first kappa shape index (κ1) is 17.7. The van der Waals surface area contributed by atoms with E-state index in [2.05, 4.69) is 10.2 Å². The van der Waals surface area contributed by atoms with Crippen molar-refractivity contribution in [1.82, 2.24) is 15.1 Å². The number of amides is 1. The standard InChI is InChI=1S/C21H20ClN3O2/c1-13-4-3-5-18(14(13)2)21(26)25(17-10-11-17)12-19-23-24-20(27-19)15-6-8-16(22)9-7-15/h3-9,17H,10-12H2,1-2H3. The zero-order valence-electron chi connectivity index (χ0n) is 15.3. The van der Waals surface area contributed by atoms with E-state index in [1.807, 2.05) is 49.1 Å². The predicted octanol–water partition coefficient (Wildman–Crippen LogP) is 4.81. The molecule has 6 heteroatoms. The third kappa shape index (κ3) is 3.74. The van der Waals surface area contributed by atoms with Crippen molar-refractivity contribution in [3.8, 4) is 11.5 Å². The number of hydrogen-bond donors (Lipinski definition) is 0. The molecule has 4 rings (SSSR count). The Morgan fingerprint density at radius 3 is 2.59 bits per heavy atom. The van der Waals surface area contributed by atoms with Gasteiger partial charge in [0.15, 0.2) is 0 Å². The van der Waals surface area contributed by atoms with Crippen molar-refractivity contribution in [2.75, 3.05) is 0 Å². The Bertz CT molecular complexity index is 977. The van der Waals surface area contributed by atoms with Gasteiger partial charge >= 0.3 is 0 Å². The minimum absolute atomic E-state index is 0.0185. The molecule has 1 aliphatic carbocycles. The first-order valence-corrected chi connectivity index (χ1v) is 9.36. The van der Waals surface area contributed by atoms with Crippen molar-refractivity contribution in [1.29, 1.82) is 0 Å². The van der Waals surface area contributed by atoms with Crippen LogP contribution in [-0.2, 0) is 6.54 Å². The third-order valence-corrected chi connectivity index (χ3v) is 5.20. The van der Waals surface area contributed by atoms with Crippen molar-refractivity contribution in [2.45, 2.75) is 39.3 Å². The minimum atomic E-state index is 0.0185. The quantitative estimate of drug-likeness (QED) is 0.636. The Hall–Kier alpha value is -2.66. The van der Waals surface area contributed by atoms with E-state index in [1.54, 1.807) is 12.1 Å². The highest BCUT2D eigenvalue weighted by Gasteiger charge is 2.34. The molecule has 0 bridgehead atoms. The number of halogens is 1. The minimum Gasteiger partial charge on any atom is -0.419 e. The van der Waals surface area contributed by atoms with Gasteiger partial charge in [0.1, 0.15) is 0 Å². The largest absolute Gasteiger partial charge is 0.419 e. The highest BCUT2D eigenvalue weighted by Crippen LogP contribution is 2.31. The van der Waals surface area contributed by atoms with E-state index >= 15 is 0 Å². The van der Waals surface area contributed by atoms with Gasteiger partial charge in [-0.25, -0.2) is 0 Å². The summed E-state index contributed by atoms with van der Waals surface area (Å²) in [6.07, 6.45) is 2.02. The second-order valence-electron chi connectivity index (χ2n) is 6.92. The number of aryl methyl sites for hydroxylation is 1. The van der Waals surface area contributed by atoms with Gasteiger partial charge < -0.3 is 9.32 Å². The molecular formula is C21H20ClN3O2. The lowest BCUT2D eigenvalue weighted by Gasteiger charge is -2.22. The molecule has 0 N–H and O–H groups in total. The molecule has 0 spiro atoms. The predicted molar refractivity (Wildman–Crippen MR) is 104 cm³/mol. The summed E-state index contributed by atoms with van der Waals surface area (Å²) in [4.78, 5) is 15.0. The fourth-order valence-corrected chi connectivity index (χ4v) is 3.19. The van der Waals surface area contributed by atoms with E-state index in [-0.39, 0.29) is 11.9 Å². The molecule has 0 atom stereocenters.